The molecule has 0 unspecified atom stereocenters. The molecule has 0 atom stereocenters. The predicted octanol–water partition coefficient (Wildman–Crippen LogP) is 2.49. The summed E-state index contributed by atoms with van der Waals surface area (Å²) in [4.78, 5) is 8.66. The van der Waals surface area contributed by atoms with Crippen molar-refractivity contribution in [3.63, 3.8) is 0 Å². The lowest BCUT2D eigenvalue weighted by atomic mass is 10.1. The topological polar surface area (TPSA) is 65.8 Å². The second kappa shape index (κ2) is 4.92. The van der Waals surface area contributed by atoms with Crippen molar-refractivity contribution >= 4 is 17.1 Å². The Morgan fingerprint density at radius 1 is 1.09 bits per heavy atom. The van der Waals surface area contributed by atoms with Crippen LogP contribution in [-0.2, 0) is 14.1 Å². The normalized spacial score (nSPS) is 11.5. The summed E-state index contributed by atoms with van der Waals surface area (Å²) in [6.07, 6.45) is 7.39. The lowest BCUT2D eigenvalue weighted by Crippen LogP contribution is -1.98. The van der Waals surface area contributed by atoms with Gasteiger partial charge in [0.25, 0.3) is 0 Å². The predicted molar refractivity (Wildman–Crippen MR) is 87.1 cm³/mol. The summed E-state index contributed by atoms with van der Waals surface area (Å²) in [6.45, 7) is 2.00. The van der Waals surface area contributed by atoms with Gasteiger partial charge in [-0.1, -0.05) is 11.6 Å². The molecular weight excluding hydrogens is 314 g/mol. The van der Waals surface area contributed by atoms with Crippen molar-refractivity contribution in [2.24, 2.45) is 14.1 Å². The molecule has 0 saturated carbocycles. The Labute approximate surface area is 137 Å². The van der Waals surface area contributed by atoms with E-state index in [4.69, 9.17) is 11.6 Å². The van der Waals surface area contributed by atoms with Gasteiger partial charge >= 0.3 is 0 Å². The number of halogens is 1. The highest BCUT2D eigenvalue weighted by atomic mass is 35.5. The Kier molecular flexibility index (Phi) is 2.99. The molecule has 116 valence electrons. The van der Waals surface area contributed by atoms with E-state index in [2.05, 4.69) is 20.2 Å². The van der Waals surface area contributed by atoms with Crippen LogP contribution in [0, 0.1) is 6.92 Å². The van der Waals surface area contributed by atoms with Crippen molar-refractivity contribution in [2.75, 3.05) is 0 Å². The summed E-state index contributed by atoms with van der Waals surface area (Å²) in [6, 6.07) is 1.96. The molecule has 0 aromatic carbocycles. The quantitative estimate of drug-likeness (QED) is 0.567. The molecule has 0 radical (unpaired) electrons. The van der Waals surface area contributed by atoms with E-state index in [0.29, 0.717) is 16.7 Å². The molecule has 0 amide bonds. The fourth-order valence-corrected chi connectivity index (χ4v) is 2.94. The number of hydrogen-bond acceptors (Lipinski definition) is 4. The lowest BCUT2D eigenvalue weighted by molar-refractivity contribution is 0.770. The first kappa shape index (κ1) is 14.0. The summed E-state index contributed by atoms with van der Waals surface area (Å²) in [5.74, 6) is 0.491. The van der Waals surface area contributed by atoms with Crippen LogP contribution < -0.4 is 0 Å². The first-order valence-corrected chi connectivity index (χ1v) is 7.44. The third kappa shape index (κ3) is 2.20. The van der Waals surface area contributed by atoms with Gasteiger partial charge in [-0.2, -0.15) is 5.10 Å². The number of nitrogens with zero attached hydrogens (tertiary/aromatic N) is 7. The Morgan fingerprint density at radius 3 is 2.57 bits per heavy atom. The maximum absolute atomic E-state index is 6.40. The standard InChI is InChI=1S/C15H14ClN7/c1-9-10(11-4-5-22(3)19-11)6-23-13(9)14(16)18-15(20-23)12-7-21(2)8-17-12/h4-8H,1-3H3. The van der Waals surface area contributed by atoms with Gasteiger partial charge in [-0.05, 0) is 18.6 Å². The SMILES string of the molecule is Cc1c(-c2ccn(C)n2)cn2nc(-c3cn(C)cn3)nc(Cl)c12. The van der Waals surface area contributed by atoms with Gasteiger partial charge in [0.15, 0.2) is 5.15 Å². The van der Waals surface area contributed by atoms with Crippen LogP contribution in [-0.4, -0.2) is 33.9 Å². The summed E-state index contributed by atoms with van der Waals surface area (Å²) in [5.41, 5.74) is 4.33. The minimum Gasteiger partial charge on any atom is -0.340 e. The van der Waals surface area contributed by atoms with E-state index in [1.54, 1.807) is 15.5 Å². The number of imidazole rings is 1. The van der Waals surface area contributed by atoms with Gasteiger partial charge in [0.1, 0.15) is 11.2 Å². The van der Waals surface area contributed by atoms with Crippen LogP contribution in [0.5, 0.6) is 0 Å². The van der Waals surface area contributed by atoms with Gasteiger partial charge in [-0.25, -0.2) is 14.5 Å². The lowest BCUT2D eigenvalue weighted by Gasteiger charge is -2.01. The maximum atomic E-state index is 6.40. The van der Waals surface area contributed by atoms with Crippen LogP contribution in [0.2, 0.25) is 5.15 Å². The molecule has 8 heteroatoms. The number of aryl methyl sites for hydroxylation is 3. The minimum atomic E-state index is 0.403. The molecule has 0 saturated heterocycles. The smallest absolute Gasteiger partial charge is 0.201 e. The van der Waals surface area contributed by atoms with Gasteiger partial charge in [-0.15, -0.1) is 5.10 Å². The number of aromatic nitrogens is 7. The molecule has 0 fully saturated rings. The van der Waals surface area contributed by atoms with Crippen LogP contribution >= 0.6 is 11.6 Å². The monoisotopic (exact) mass is 327 g/mol. The zero-order valence-corrected chi connectivity index (χ0v) is 13.7. The first-order valence-electron chi connectivity index (χ1n) is 7.07. The van der Waals surface area contributed by atoms with Crippen molar-refractivity contribution in [1.29, 1.82) is 0 Å². The summed E-state index contributed by atoms with van der Waals surface area (Å²) >= 11 is 6.40. The number of rotatable bonds is 2. The van der Waals surface area contributed by atoms with Crippen molar-refractivity contribution in [2.45, 2.75) is 6.92 Å². The third-order valence-corrected chi connectivity index (χ3v) is 4.03. The number of fused-ring (bicyclic) bond motifs is 1. The van der Waals surface area contributed by atoms with E-state index in [-0.39, 0.29) is 0 Å². The zero-order chi connectivity index (χ0) is 16.1. The molecule has 0 aliphatic heterocycles. The molecule has 0 aliphatic rings. The van der Waals surface area contributed by atoms with E-state index in [9.17, 15) is 0 Å². The van der Waals surface area contributed by atoms with E-state index >= 15 is 0 Å². The fourth-order valence-electron chi connectivity index (χ4n) is 2.64. The molecule has 0 bridgehead atoms. The van der Waals surface area contributed by atoms with Gasteiger partial charge in [0.05, 0.1) is 12.0 Å². The van der Waals surface area contributed by atoms with E-state index in [0.717, 1.165) is 22.3 Å². The highest BCUT2D eigenvalue weighted by Gasteiger charge is 2.17. The van der Waals surface area contributed by atoms with Crippen LogP contribution in [0.4, 0.5) is 0 Å². The molecule has 4 aromatic rings. The Balaban J connectivity index is 1.93. The zero-order valence-electron chi connectivity index (χ0n) is 12.9. The third-order valence-electron chi connectivity index (χ3n) is 3.77. The first-order chi connectivity index (χ1) is 11.0. The van der Waals surface area contributed by atoms with Gasteiger partial charge < -0.3 is 4.57 Å². The molecule has 0 aliphatic carbocycles. The van der Waals surface area contributed by atoms with Gasteiger partial charge in [0, 0.05) is 38.2 Å². The van der Waals surface area contributed by atoms with Gasteiger partial charge in [0.2, 0.25) is 5.82 Å². The molecule has 4 heterocycles. The second-order valence-electron chi connectivity index (χ2n) is 5.49. The summed E-state index contributed by atoms with van der Waals surface area (Å²) in [5, 5.41) is 9.39. The molecular formula is C15H14ClN7. The Morgan fingerprint density at radius 2 is 1.91 bits per heavy atom. The van der Waals surface area contributed by atoms with Crippen LogP contribution in [0.25, 0.3) is 28.3 Å². The highest BCUT2D eigenvalue weighted by Crippen LogP contribution is 2.30. The Hall–Kier alpha value is -2.67. The fraction of sp³-hybridized carbons (Fsp3) is 0.200. The molecule has 4 aromatic heterocycles. The van der Waals surface area contributed by atoms with E-state index < -0.39 is 0 Å². The molecule has 4 rings (SSSR count). The highest BCUT2D eigenvalue weighted by molar-refractivity contribution is 6.33. The Bertz CT molecular complexity index is 1020. The maximum Gasteiger partial charge on any atom is 0.201 e. The molecule has 23 heavy (non-hydrogen) atoms. The van der Waals surface area contributed by atoms with Crippen molar-refractivity contribution in [3.05, 3.63) is 41.7 Å². The van der Waals surface area contributed by atoms with Crippen molar-refractivity contribution in [3.8, 4) is 22.8 Å². The largest absolute Gasteiger partial charge is 0.340 e. The van der Waals surface area contributed by atoms with Crippen LogP contribution in [0.3, 0.4) is 0 Å². The average Bonchev–Trinajstić information content (AvgIpc) is 3.19. The number of hydrogen-bond donors (Lipinski definition) is 0. The molecule has 7 nitrogen and oxygen atoms in total. The second-order valence-corrected chi connectivity index (χ2v) is 5.84. The average molecular weight is 328 g/mol. The van der Waals surface area contributed by atoms with Crippen molar-refractivity contribution < 1.29 is 0 Å². The van der Waals surface area contributed by atoms with Gasteiger partial charge in [-0.3, -0.25) is 4.68 Å². The van der Waals surface area contributed by atoms with Crippen LogP contribution in [0.15, 0.2) is 31.0 Å². The summed E-state index contributed by atoms with van der Waals surface area (Å²) < 4.78 is 5.36. The van der Waals surface area contributed by atoms with Crippen LogP contribution in [0.1, 0.15) is 5.56 Å². The molecule has 0 spiro atoms. The van der Waals surface area contributed by atoms with E-state index in [1.807, 2.05) is 50.2 Å². The summed E-state index contributed by atoms with van der Waals surface area (Å²) in [7, 11) is 3.79. The van der Waals surface area contributed by atoms with E-state index in [1.165, 1.54) is 0 Å². The molecule has 0 N–H and O–H groups in total. The minimum absolute atomic E-state index is 0.403. The van der Waals surface area contributed by atoms with Crippen molar-refractivity contribution in [1.82, 2.24) is 33.9 Å².